The molecule has 1 aliphatic rings. The molecule has 2 heterocycles. The molecule has 0 aliphatic carbocycles. The highest BCUT2D eigenvalue weighted by atomic mass is 16.5. The Morgan fingerprint density at radius 2 is 1.88 bits per heavy atom. The molecule has 1 aromatic heterocycles. The summed E-state index contributed by atoms with van der Waals surface area (Å²) in [5.74, 6) is 0.860. The average Bonchev–Trinajstić information content (AvgIpc) is 2.93. The maximum atomic E-state index is 5.48. The van der Waals surface area contributed by atoms with Crippen LogP contribution in [0.25, 0.3) is 0 Å². The molecule has 0 spiro atoms. The zero-order valence-electron chi connectivity index (χ0n) is 15.9. The lowest BCUT2D eigenvalue weighted by molar-refractivity contribution is 0.362. The molecule has 3 rings (SSSR count). The topological polar surface area (TPSA) is 42.3 Å². The molecule has 5 nitrogen and oxygen atoms in total. The van der Waals surface area contributed by atoms with E-state index < -0.39 is 0 Å². The van der Waals surface area contributed by atoms with Crippen LogP contribution in [0.15, 0.2) is 24.3 Å². The Morgan fingerprint density at radius 3 is 2.48 bits per heavy atom. The third-order valence-corrected chi connectivity index (χ3v) is 5.25. The maximum absolute atomic E-state index is 5.48. The highest BCUT2D eigenvalue weighted by molar-refractivity contribution is 5.48. The molecular formula is C20H30N4O. The number of methoxy groups -OCH3 is 1. The smallest absolute Gasteiger partial charge is 0.216 e. The van der Waals surface area contributed by atoms with Gasteiger partial charge < -0.3 is 15.0 Å². The van der Waals surface area contributed by atoms with Gasteiger partial charge in [-0.1, -0.05) is 19.1 Å². The van der Waals surface area contributed by atoms with Crippen LogP contribution in [0.2, 0.25) is 0 Å². The molecule has 0 amide bonds. The Kier molecular flexibility index (Phi) is 5.63. The maximum Gasteiger partial charge on any atom is 0.216 e. The lowest BCUT2D eigenvalue weighted by Crippen LogP contribution is -2.42. The van der Waals surface area contributed by atoms with E-state index in [1.165, 1.54) is 16.8 Å². The van der Waals surface area contributed by atoms with Gasteiger partial charge in [-0.2, -0.15) is 5.10 Å². The van der Waals surface area contributed by atoms with Crippen LogP contribution in [-0.2, 0) is 20.0 Å². The van der Waals surface area contributed by atoms with Gasteiger partial charge in [0.2, 0.25) is 5.88 Å². The lowest BCUT2D eigenvalue weighted by Gasteiger charge is -2.34. The minimum absolute atomic E-state index is 0.551. The predicted molar refractivity (Wildman–Crippen MR) is 102 cm³/mol. The van der Waals surface area contributed by atoms with E-state index in [1.54, 1.807) is 7.11 Å². The lowest BCUT2D eigenvalue weighted by atomic mass is 10.0. The molecule has 0 radical (unpaired) electrons. The number of anilines is 1. The van der Waals surface area contributed by atoms with Crippen LogP contribution in [0.5, 0.6) is 5.88 Å². The normalized spacial score (nSPS) is 15.6. The number of benzene rings is 1. The fraction of sp³-hybridized carbons (Fsp3) is 0.550. The third-order valence-electron chi connectivity index (χ3n) is 5.25. The van der Waals surface area contributed by atoms with E-state index in [0.29, 0.717) is 6.04 Å². The first-order valence-corrected chi connectivity index (χ1v) is 9.26. The van der Waals surface area contributed by atoms with Crippen molar-refractivity contribution in [2.75, 3.05) is 25.1 Å². The van der Waals surface area contributed by atoms with Crippen molar-refractivity contribution in [3.63, 3.8) is 0 Å². The van der Waals surface area contributed by atoms with Crippen molar-refractivity contribution in [3.8, 4) is 5.88 Å². The van der Waals surface area contributed by atoms with E-state index in [4.69, 9.17) is 4.74 Å². The Labute approximate surface area is 151 Å². The molecular weight excluding hydrogens is 312 g/mol. The zero-order valence-corrected chi connectivity index (χ0v) is 15.9. The molecule has 0 atom stereocenters. The number of ether oxygens (including phenoxy) is 1. The molecule has 5 heteroatoms. The van der Waals surface area contributed by atoms with E-state index in [-0.39, 0.29) is 0 Å². The zero-order chi connectivity index (χ0) is 17.8. The first kappa shape index (κ1) is 17.8. The van der Waals surface area contributed by atoms with Crippen LogP contribution in [0, 0.1) is 6.92 Å². The molecule has 2 aromatic rings. The van der Waals surface area contributed by atoms with Gasteiger partial charge in [-0.3, -0.25) is 0 Å². The highest BCUT2D eigenvalue weighted by Gasteiger charge is 2.21. The number of hydrogen-bond donors (Lipinski definition) is 1. The van der Waals surface area contributed by atoms with Crippen molar-refractivity contribution in [3.05, 3.63) is 41.1 Å². The molecule has 1 N–H and O–H groups in total. The Morgan fingerprint density at radius 1 is 1.20 bits per heavy atom. The van der Waals surface area contributed by atoms with Gasteiger partial charge in [0.1, 0.15) is 0 Å². The second-order valence-corrected chi connectivity index (χ2v) is 6.86. The minimum atomic E-state index is 0.551. The summed E-state index contributed by atoms with van der Waals surface area (Å²) in [6.45, 7) is 7.27. The number of aromatic nitrogens is 2. The van der Waals surface area contributed by atoms with Gasteiger partial charge in [-0.25, -0.2) is 4.68 Å². The molecule has 1 saturated heterocycles. The van der Waals surface area contributed by atoms with E-state index in [9.17, 15) is 0 Å². The van der Waals surface area contributed by atoms with Crippen molar-refractivity contribution >= 4 is 5.69 Å². The van der Waals surface area contributed by atoms with Crippen LogP contribution >= 0.6 is 0 Å². The number of nitrogens with zero attached hydrogens (tertiary/aromatic N) is 3. The second-order valence-electron chi connectivity index (χ2n) is 6.86. The summed E-state index contributed by atoms with van der Waals surface area (Å²) in [5, 5.41) is 8.15. The van der Waals surface area contributed by atoms with Gasteiger partial charge in [0.25, 0.3) is 0 Å². The van der Waals surface area contributed by atoms with Crippen LogP contribution in [0.3, 0.4) is 0 Å². The largest absolute Gasteiger partial charge is 0.481 e. The molecule has 1 aliphatic heterocycles. The fourth-order valence-electron chi connectivity index (χ4n) is 3.67. The molecule has 0 saturated carbocycles. The number of piperidine rings is 1. The van der Waals surface area contributed by atoms with Gasteiger partial charge in [-0.15, -0.1) is 0 Å². The molecule has 25 heavy (non-hydrogen) atoms. The van der Waals surface area contributed by atoms with Crippen LogP contribution in [-0.4, -0.2) is 36.0 Å². The van der Waals surface area contributed by atoms with Gasteiger partial charge in [0.05, 0.1) is 18.4 Å². The third kappa shape index (κ3) is 3.98. The quantitative estimate of drug-likeness (QED) is 0.876. The number of hydrogen-bond acceptors (Lipinski definition) is 4. The summed E-state index contributed by atoms with van der Waals surface area (Å²) in [7, 11) is 3.64. The summed E-state index contributed by atoms with van der Waals surface area (Å²) < 4.78 is 7.30. The monoisotopic (exact) mass is 342 g/mol. The predicted octanol–water partition coefficient (Wildman–Crippen LogP) is 3.06. The van der Waals surface area contributed by atoms with Crippen molar-refractivity contribution in [2.45, 2.75) is 45.7 Å². The minimum Gasteiger partial charge on any atom is -0.481 e. The summed E-state index contributed by atoms with van der Waals surface area (Å²) in [5.41, 5.74) is 4.96. The van der Waals surface area contributed by atoms with Crippen molar-refractivity contribution in [1.29, 1.82) is 0 Å². The van der Waals surface area contributed by atoms with E-state index >= 15 is 0 Å². The van der Waals surface area contributed by atoms with E-state index in [2.05, 4.69) is 46.5 Å². The molecule has 1 aromatic carbocycles. The van der Waals surface area contributed by atoms with Crippen molar-refractivity contribution < 1.29 is 4.74 Å². The van der Waals surface area contributed by atoms with Gasteiger partial charge >= 0.3 is 0 Å². The molecule has 0 unspecified atom stereocenters. The number of rotatable bonds is 6. The van der Waals surface area contributed by atoms with E-state index in [0.717, 1.165) is 50.5 Å². The van der Waals surface area contributed by atoms with E-state index in [1.807, 2.05) is 18.7 Å². The summed E-state index contributed by atoms with van der Waals surface area (Å²) in [4.78, 5) is 2.49. The Hall–Kier alpha value is -2.01. The highest BCUT2D eigenvalue weighted by Crippen LogP contribution is 2.23. The van der Waals surface area contributed by atoms with Crippen LogP contribution < -0.4 is 15.0 Å². The van der Waals surface area contributed by atoms with Gasteiger partial charge in [0.15, 0.2) is 0 Å². The summed E-state index contributed by atoms with van der Waals surface area (Å²) in [6, 6.07) is 9.57. The SMILES string of the molecule is CCc1ccc(N2CCC(NCc3c(C)nn(C)c3OC)CC2)cc1. The van der Waals surface area contributed by atoms with Crippen molar-refractivity contribution in [2.24, 2.45) is 7.05 Å². The first-order valence-electron chi connectivity index (χ1n) is 9.26. The fourth-order valence-corrected chi connectivity index (χ4v) is 3.67. The Bertz CT molecular complexity index is 684. The van der Waals surface area contributed by atoms with Gasteiger partial charge in [0, 0.05) is 38.4 Å². The van der Waals surface area contributed by atoms with Crippen LogP contribution in [0.4, 0.5) is 5.69 Å². The van der Waals surface area contributed by atoms with Gasteiger partial charge in [-0.05, 0) is 43.9 Å². The first-order chi connectivity index (χ1) is 12.1. The summed E-state index contributed by atoms with van der Waals surface area (Å²) >= 11 is 0. The number of nitrogens with one attached hydrogen (secondary N) is 1. The van der Waals surface area contributed by atoms with Crippen LogP contribution in [0.1, 0.15) is 36.6 Å². The number of aryl methyl sites for hydroxylation is 3. The Balaban J connectivity index is 1.52. The second kappa shape index (κ2) is 7.91. The standard InChI is InChI=1S/C20H30N4O/c1-5-16-6-8-18(9-7-16)24-12-10-17(11-13-24)21-14-19-15(2)22-23(3)20(19)25-4/h6-9,17,21H,5,10-14H2,1-4H3. The molecule has 0 bridgehead atoms. The average molecular weight is 342 g/mol. The van der Waals surface area contributed by atoms with Crippen molar-refractivity contribution in [1.82, 2.24) is 15.1 Å². The summed E-state index contributed by atoms with van der Waals surface area (Å²) in [6.07, 6.45) is 3.43. The molecule has 136 valence electrons. The molecule has 1 fully saturated rings.